The summed E-state index contributed by atoms with van der Waals surface area (Å²) in [6.45, 7) is 0. The molecule has 0 saturated carbocycles. The summed E-state index contributed by atoms with van der Waals surface area (Å²) in [5.41, 5.74) is 1.77. The van der Waals surface area contributed by atoms with Crippen LogP contribution >= 0.6 is 0 Å². The topological polar surface area (TPSA) is 53.0 Å². The number of carbonyl (C=O) groups excluding carboxylic acids is 1. The molecule has 0 amide bonds. The number of pyridine rings is 1. The molecule has 4 heteroatoms. The van der Waals surface area contributed by atoms with Crippen LogP contribution in [0.1, 0.15) is 10.4 Å². The fourth-order valence-corrected chi connectivity index (χ4v) is 2.11. The fourth-order valence-electron chi connectivity index (χ4n) is 2.11. The van der Waals surface area contributed by atoms with Crippen LogP contribution in [0.25, 0.3) is 22.2 Å². The predicted octanol–water partition coefficient (Wildman–Crippen LogP) is 2.40. The second-order valence-corrected chi connectivity index (χ2v) is 4.37. The molecular weight excluding hydrogens is 257 g/mol. The third-order valence-corrected chi connectivity index (χ3v) is 3.08. The lowest BCUT2D eigenvalue weighted by molar-refractivity contribution is -0.254. The molecule has 0 atom stereocenters. The van der Waals surface area contributed by atoms with Crippen molar-refractivity contribution in [1.29, 1.82) is 0 Å². The fraction of sp³-hybridized carbons (Fsp3) is 0. The molecule has 0 spiro atoms. The van der Waals surface area contributed by atoms with E-state index in [4.69, 9.17) is 0 Å². The highest BCUT2D eigenvalue weighted by molar-refractivity contribution is 6.02. The Morgan fingerprint density at radius 3 is 2.45 bits per heavy atom. The van der Waals surface area contributed by atoms with Crippen LogP contribution in [0, 0.1) is 5.82 Å². The maximum atomic E-state index is 12.9. The van der Waals surface area contributed by atoms with Crippen LogP contribution in [0.3, 0.4) is 0 Å². The van der Waals surface area contributed by atoms with Crippen LogP contribution in [0.4, 0.5) is 4.39 Å². The number of halogens is 1. The van der Waals surface area contributed by atoms with E-state index in [0.717, 1.165) is 0 Å². The average Bonchev–Trinajstić information content (AvgIpc) is 2.46. The van der Waals surface area contributed by atoms with Crippen molar-refractivity contribution in [2.45, 2.75) is 0 Å². The third kappa shape index (κ3) is 2.12. The lowest BCUT2D eigenvalue weighted by Gasteiger charge is -2.10. The second-order valence-electron chi connectivity index (χ2n) is 4.37. The number of rotatable bonds is 2. The minimum Gasteiger partial charge on any atom is -0.545 e. The number of fused-ring (bicyclic) bond motifs is 1. The molecule has 1 aromatic heterocycles. The zero-order chi connectivity index (χ0) is 14.1. The van der Waals surface area contributed by atoms with E-state index in [9.17, 15) is 14.3 Å². The molecule has 0 radical (unpaired) electrons. The number of aromatic nitrogens is 1. The number of para-hydroxylation sites is 1. The van der Waals surface area contributed by atoms with Gasteiger partial charge in [-0.05, 0) is 36.4 Å². The molecule has 3 aromatic rings. The Bertz CT molecular complexity index is 797. The van der Waals surface area contributed by atoms with E-state index in [0.29, 0.717) is 22.2 Å². The minimum atomic E-state index is -1.26. The van der Waals surface area contributed by atoms with E-state index in [1.165, 1.54) is 18.2 Å². The first-order valence-corrected chi connectivity index (χ1v) is 6.02. The molecule has 0 aliphatic heterocycles. The lowest BCUT2D eigenvalue weighted by atomic mass is 10.0. The summed E-state index contributed by atoms with van der Waals surface area (Å²) in [7, 11) is 0. The molecule has 0 saturated heterocycles. The number of nitrogens with zero attached hydrogens (tertiary/aromatic N) is 1. The first-order chi connectivity index (χ1) is 9.65. The molecular formula is C16H9FNO2-. The number of benzene rings is 2. The van der Waals surface area contributed by atoms with Gasteiger partial charge in [-0.1, -0.05) is 18.2 Å². The van der Waals surface area contributed by atoms with E-state index in [2.05, 4.69) is 4.98 Å². The van der Waals surface area contributed by atoms with Crippen LogP contribution in [0.5, 0.6) is 0 Å². The van der Waals surface area contributed by atoms with E-state index >= 15 is 0 Å². The van der Waals surface area contributed by atoms with Gasteiger partial charge >= 0.3 is 0 Å². The largest absolute Gasteiger partial charge is 0.545 e. The summed E-state index contributed by atoms with van der Waals surface area (Å²) in [4.78, 5) is 15.7. The van der Waals surface area contributed by atoms with Gasteiger partial charge in [-0.3, -0.25) is 0 Å². The number of carbonyl (C=O) groups is 1. The number of aromatic carboxylic acids is 1. The molecule has 3 rings (SSSR count). The molecule has 0 N–H and O–H groups in total. The Morgan fingerprint density at radius 1 is 1.05 bits per heavy atom. The van der Waals surface area contributed by atoms with E-state index in [1.807, 2.05) is 0 Å². The van der Waals surface area contributed by atoms with Crippen molar-refractivity contribution in [3.8, 4) is 11.3 Å². The smallest absolute Gasteiger partial charge is 0.123 e. The third-order valence-electron chi connectivity index (χ3n) is 3.08. The number of carboxylic acids is 1. The Morgan fingerprint density at radius 2 is 1.75 bits per heavy atom. The zero-order valence-electron chi connectivity index (χ0n) is 10.3. The van der Waals surface area contributed by atoms with Crippen LogP contribution in [-0.2, 0) is 0 Å². The zero-order valence-corrected chi connectivity index (χ0v) is 10.3. The van der Waals surface area contributed by atoms with Crippen LogP contribution in [0.2, 0.25) is 0 Å². The number of hydrogen-bond acceptors (Lipinski definition) is 3. The number of hydrogen-bond donors (Lipinski definition) is 0. The molecule has 0 aliphatic rings. The van der Waals surface area contributed by atoms with Crippen LogP contribution in [-0.4, -0.2) is 11.0 Å². The van der Waals surface area contributed by atoms with Gasteiger partial charge in [0.05, 0.1) is 17.2 Å². The van der Waals surface area contributed by atoms with Crippen molar-refractivity contribution in [3.63, 3.8) is 0 Å². The van der Waals surface area contributed by atoms with Crippen LogP contribution < -0.4 is 5.11 Å². The maximum absolute atomic E-state index is 12.9. The molecule has 1 heterocycles. The van der Waals surface area contributed by atoms with Crippen molar-refractivity contribution in [2.75, 3.05) is 0 Å². The van der Waals surface area contributed by atoms with Crippen molar-refractivity contribution in [3.05, 3.63) is 66.0 Å². The van der Waals surface area contributed by atoms with Gasteiger partial charge in [-0.15, -0.1) is 0 Å². The molecule has 20 heavy (non-hydrogen) atoms. The van der Waals surface area contributed by atoms with E-state index in [1.54, 1.807) is 36.4 Å². The summed E-state index contributed by atoms with van der Waals surface area (Å²) in [5.74, 6) is -1.61. The van der Waals surface area contributed by atoms with Gasteiger partial charge in [0.15, 0.2) is 0 Å². The van der Waals surface area contributed by atoms with Gasteiger partial charge in [0.25, 0.3) is 0 Å². The van der Waals surface area contributed by atoms with E-state index < -0.39 is 5.97 Å². The summed E-state index contributed by atoms with van der Waals surface area (Å²) < 4.78 is 12.9. The summed E-state index contributed by atoms with van der Waals surface area (Å²) >= 11 is 0. The van der Waals surface area contributed by atoms with Gasteiger partial charge in [-0.2, -0.15) is 0 Å². The molecule has 0 unspecified atom stereocenters. The van der Waals surface area contributed by atoms with E-state index in [-0.39, 0.29) is 11.4 Å². The van der Waals surface area contributed by atoms with Gasteiger partial charge < -0.3 is 9.90 Å². The molecule has 0 bridgehead atoms. The van der Waals surface area contributed by atoms with Crippen molar-refractivity contribution >= 4 is 16.9 Å². The lowest BCUT2D eigenvalue weighted by Crippen LogP contribution is -2.22. The Kier molecular flexibility index (Phi) is 2.91. The highest BCUT2D eigenvalue weighted by atomic mass is 19.1. The summed E-state index contributed by atoms with van der Waals surface area (Å²) in [5, 5.41) is 11.8. The van der Waals surface area contributed by atoms with Gasteiger partial charge in [0.2, 0.25) is 0 Å². The normalized spacial score (nSPS) is 10.7. The molecule has 3 nitrogen and oxygen atoms in total. The predicted molar refractivity (Wildman–Crippen MR) is 71.5 cm³/mol. The summed E-state index contributed by atoms with van der Waals surface area (Å²) in [6, 6.07) is 14.1. The molecule has 0 fully saturated rings. The van der Waals surface area contributed by atoms with Crippen molar-refractivity contribution in [2.24, 2.45) is 0 Å². The van der Waals surface area contributed by atoms with Crippen molar-refractivity contribution < 1.29 is 14.3 Å². The SMILES string of the molecule is O=C([O-])c1cc(-c2ccc(F)cc2)nc2ccccc12. The summed E-state index contributed by atoms with van der Waals surface area (Å²) in [6.07, 6.45) is 0. The molecule has 0 aliphatic carbocycles. The Hall–Kier alpha value is -2.75. The van der Waals surface area contributed by atoms with Gasteiger partial charge in [0.1, 0.15) is 5.82 Å². The second kappa shape index (κ2) is 4.74. The molecule has 98 valence electrons. The Labute approximate surface area is 114 Å². The van der Waals surface area contributed by atoms with Crippen molar-refractivity contribution in [1.82, 2.24) is 4.98 Å². The first-order valence-electron chi connectivity index (χ1n) is 6.02. The monoisotopic (exact) mass is 266 g/mol. The maximum Gasteiger partial charge on any atom is 0.123 e. The molecule has 2 aromatic carbocycles. The van der Waals surface area contributed by atoms with Gasteiger partial charge in [0, 0.05) is 16.5 Å². The quantitative estimate of drug-likeness (QED) is 0.715. The Balaban J connectivity index is 2.27. The highest BCUT2D eigenvalue weighted by Gasteiger charge is 2.08. The minimum absolute atomic E-state index is 0.0786. The highest BCUT2D eigenvalue weighted by Crippen LogP contribution is 2.24. The van der Waals surface area contributed by atoms with Gasteiger partial charge in [-0.25, -0.2) is 9.37 Å². The first kappa shape index (κ1) is 12.3. The standard InChI is InChI=1S/C16H10FNO2/c17-11-7-5-10(6-8-11)15-9-13(16(19)20)12-3-1-2-4-14(12)18-15/h1-9H,(H,19,20)/p-1. The average molecular weight is 266 g/mol. The van der Waals surface area contributed by atoms with Crippen LogP contribution in [0.15, 0.2) is 54.6 Å². The number of carboxylic acid groups (broad SMARTS) is 1.